The van der Waals surface area contributed by atoms with Gasteiger partial charge in [0, 0.05) is 32.4 Å². The Kier molecular flexibility index (Phi) is 6.43. The predicted octanol–water partition coefficient (Wildman–Crippen LogP) is 2.58. The van der Waals surface area contributed by atoms with Crippen molar-refractivity contribution in [3.8, 4) is 12.1 Å². The molecule has 0 aliphatic heterocycles. The quantitative estimate of drug-likeness (QED) is 0.458. The summed E-state index contributed by atoms with van der Waals surface area (Å²) in [4.78, 5) is 6.77. The summed E-state index contributed by atoms with van der Waals surface area (Å²) in [5.41, 5.74) is 1.41. The van der Waals surface area contributed by atoms with Crippen LogP contribution in [0.15, 0.2) is 40.7 Å². The Hall–Kier alpha value is -2.86. The van der Waals surface area contributed by atoms with Crippen molar-refractivity contribution < 1.29 is 9.23 Å². The number of oxime groups is 1. The van der Waals surface area contributed by atoms with Crippen molar-refractivity contribution in [3.05, 3.63) is 46.9 Å². The van der Waals surface area contributed by atoms with Gasteiger partial charge in [0.2, 0.25) is 0 Å². The molecule has 0 unspecified atom stereocenters. The summed E-state index contributed by atoms with van der Waals surface area (Å²) in [6.45, 7) is 0.223. The average molecular weight is 286 g/mol. The van der Waals surface area contributed by atoms with Crippen LogP contribution in [-0.2, 0) is 11.4 Å². The largest absolute Gasteiger partial charge is 0.391 e. The van der Waals surface area contributed by atoms with E-state index in [2.05, 4.69) is 5.16 Å². The average Bonchev–Trinajstić information content (AvgIpc) is 2.47. The SMILES string of the molecule is CN(C)C(C/C=N/OCc1ccc(F)cc1)=C(C#N)C#N. The van der Waals surface area contributed by atoms with E-state index in [0.717, 1.165) is 5.56 Å². The molecule has 0 bridgehead atoms. The molecular weight excluding hydrogens is 271 g/mol. The van der Waals surface area contributed by atoms with E-state index < -0.39 is 0 Å². The molecular formula is C15H15FN4O. The molecule has 0 heterocycles. The van der Waals surface area contributed by atoms with E-state index in [1.807, 2.05) is 12.1 Å². The molecule has 5 nitrogen and oxygen atoms in total. The Morgan fingerprint density at radius 3 is 2.43 bits per heavy atom. The Balaban J connectivity index is 2.54. The topological polar surface area (TPSA) is 72.4 Å². The Morgan fingerprint density at radius 2 is 1.90 bits per heavy atom. The highest BCUT2D eigenvalue weighted by molar-refractivity contribution is 5.62. The second-order valence-electron chi connectivity index (χ2n) is 4.33. The lowest BCUT2D eigenvalue weighted by atomic mass is 10.2. The van der Waals surface area contributed by atoms with E-state index in [9.17, 15) is 4.39 Å². The lowest BCUT2D eigenvalue weighted by Crippen LogP contribution is -2.13. The van der Waals surface area contributed by atoms with E-state index in [-0.39, 0.29) is 18.0 Å². The summed E-state index contributed by atoms with van der Waals surface area (Å²) in [5, 5.41) is 21.5. The monoisotopic (exact) mass is 286 g/mol. The molecule has 0 saturated heterocycles. The molecule has 0 aliphatic carbocycles. The molecule has 0 atom stereocenters. The maximum Gasteiger partial charge on any atom is 0.149 e. The van der Waals surface area contributed by atoms with Crippen molar-refractivity contribution in [1.82, 2.24) is 4.90 Å². The smallest absolute Gasteiger partial charge is 0.149 e. The first-order chi connectivity index (χ1) is 10.1. The molecule has 0 radical (unpaired) electrons. The molecule has 0 fully saturated rings. The molecule has 6 heteroatoms. The van der Waals surface area contributed by atoms with Gasteiger partial charge in [-0.2, -0.15) is 10.5 Å². The highest BCUT2D eigenvalue weighted by Gasteiger charge is 2.07. The molecule has 1 rings (SSSR count). The van der Waals surface area contributed by atoms with Gasteiger partial charge in [-0.1, -0.05) is 17.3 Å². The lowest BCUT2D eigenvalue weighted by Gasteiger charge is -2.14. The van der Waals surface area contributed by atoms with Gasteiger partial charge in [-0.15, -0.1) is 0 Å². The van der Waals surface area contributed by atoms with Gasteiger partial charge in [-0.25, -0.2) is 4.39 Å². The molecule has 0 aliphatic rings. The summed E-state index contributed by atoms with van der Waals surface area (Å²) < 4.78 is 12.7. The third-order valence-corrected chi connectivity index (χ3v) is 2.63. The van der Waals surface area contributed by atoms with Crippen molar-refractivity contribution in [2.24, 2.45) is 5.16 Å². The van der Waals surface area contributed by atoms with Crippen LogP contribution in [0.3, 0.4) is 0 Å². The van der Waals surface area contributed by atoms with Gasteiger partial charge in [-0.05, 0) is 17.7 Å². The highest BCUT2D eigenvalue weighted by atomic mass is 19.1. The van der Waals surface area contributed by atoms with Gasteiger partial charge >= 0.3 is 0 Å². The summed E-state index contributed by atoms with van der Waals surface area (Å²) >= 11 is 0. The summed E-state index contributed by atoms with van der Waals surface area (Å²) in [7, 11) is 3.49. The van der Waals surface area contributed by atoms with Crippen LogP contribution in [0.25, 0.3) is 0 Å². The first-order valence-corrected chi connectivity index (χ1v) is 6.17. The second-order valence-corrected chi connectivity index (χ2v) is 4.33. The molecule has 1 aromatic carbocycles. The third-order valence-electron chi connectivity index (χ3n) is 2.63. The number of nitriles is 2. The van der Waals surface area contributed by atoms with E-state index in [1.54, 1.807) is 31.1 Å². The van der Waals surface area contributed by atoms with Crippen molar-refractivity contribution in [2.75, 3.05) is 14.1 Å². The van der Waals surface area contributed by atoms with Gasteiger partial charge in [-0.3, -0.25) is 0 Å². The van der Waals surface area contributed by atoms with Crippen LogP contribution in [-0.4, -0.2) is 25.2 Å². The molecule has 0 spiro atoms. The summed E-state index contributed by atoms with van der Waals surface area (Å²) in [6.07, 6.45) is 1.79. The van der Waals surface area contributed by atoms with E-state index in [4.69, 9.17) is 15.4 Å². The molecule has 0 N–H and O–H groups in total. The Bertz CT molecular complexity index is 590. The van der Waals surface area contributed by atoms with Crippen LogP contribution in [0.1, 0.15) is 12.0 Å². The zero-order chi connectivity index (χ0) is 15.7. The minimum absolute atomic E-state index is 0.0463. The molecule has 0 aromatic heterocycles. The summed E-state index contributed by atoms with van der Waals surface area (Å²) in [5.74, 6) is -0.302. The maximum atomic E-state index is 12.7. The van der Waals surface area contributed by atoms with Crippen LogP contribution in [0.2, 0.25) is 0 Å². The highest BCUT2D eigenvalue weighted by Crippen LogP contribution is 2.09. The van der Waals surface area contributed by atoms with Gasteiger partial charge < -0.3 is 9.74 Å². The molecule has 21 heavy (non-hydrogen) atoms. The number of rotatable bonds is 6. The minimum Gasteiger partial charge on any atom is -0.391 e. The van der Waals surface area contributed by atoms with Crippen LogP contribution >= 0.6 is 0 Å². The predicted molar refractivity (Wildman–Crippen MR) is 76.2 cm³/mol. The maximum absolute atomic E-state index is 12.7. The van der Waals surface area contributed by atoms with E-state index in [0.29, 0.717) is 12.1 Å². The molecule has 1 aromatic rings. The fraction of sp³-hybridized carbons (Fsp3) is 0.267. The zero-order valence-electron chi connectivity index (χ0n) is 11.9. The van der Waals surface area contributed by atoms with Gasteiger partial charge in [0.1, 0.15) is 30.1 Å². The Labute approximate surface area is 123 Å². The van der Waals surface area contributed by atoms with Crippen molar-refractivity contribution in [2.45, 2.75) is 13.0 Å². The van der Waals surface area contributed by atoms with E-state index in [1.165, 1.54) is 18.3 Å². The fourth-order valence-corrected chi connectivity index (χ4v) is 1.53. The number of hydrogen-bond donors (Lipinski definition) is 0. The Morgan fingerprint density at radius 1 is 1.29 bits per heavy atom. The fourth-order valence-electron chi connectivity index (χ4n) is 1.53. The van der Waals surface area contributed by atoms with E-state index >= 15 is 0 Å². The van der Waals surface area contributed by atoms with Crippen LogP contribution in [0.4, 0.5) is 4.39 Å². The number of halogens is 1. The van der Waals surface area contributed by atoms with Gasteiger partial charge in [0.25, 0.3) is 0 Å². The normalized spacial score (nSPS) is 9.76. The van der Waals surface area contributed by atoms with Gasteiger partial charge in [0.05, 0.1) is 0 Å². The van der Waals surface area contributed by atoms with Crippen LogP contribution in [0.5, 0.6) is 0 Å². The molecule has 0 amide bonds. The molecule has 108 valence electrons. The standard InChI is InChI=1S/C15H15FN4O/c1-20(2)15(13(9-17)10-18)7-8-19-21-11-12-3-5-14(16)6-4-12/h3-6,8H,7,11H2,1-2H3/b19-8+. The van der Waals surface area contributed by atoms with Crippen molar-refractivity contribution in [3.63, 3.8) is 0 Å². The number of hydrogen-bond acceptors (Lipinski definition) is 5. The number of nitrogens with zero attached hydrogens (tertiary/aromatic N) is 4. The first-order valence-electron chi connectivity index (χ1n) is 6.17. The van der Waals surface area contributed by atoms with Gasteiger partial charge in [0.15, 0.2) is 0 Å². The first kappa shape index (κ1) is 16.2. The van der Waals surface area contributed by atoms with Crippen LogP contribution in [0, 0.1) is 28.5 Å². The third kappa shape index (κ3) is 5.33. The van der Waals surface area contributed by atoms with Crippen molar-refractivity contribution in [1.29, 1.82) is 10.5 Å². The van der Waals surface area contributed by atoms with Crippen LogP contribution < -0.4 is 0 Å². The number of allylic oxidation sites excluding steroid dienone is 2. The second kappa shape index (κ2) is 8.34. The molecule has 0 saturated carbocycles. The summed E-state index contributed by atoms with van der Waals surface area (Å²) in [6, 6.07) is 9.61. The zero-order valence-corrected chi connectivity index (χ0v) is 11.9. The lowest BCUT2D eigenvalue weighted by molar-refractivity contribution is 0.131. The minimum atomic E-state index is -0.302. The van der Waals surface area contributed by atoms with Crippen molar-refractivity contribution >= 4 is 6.21 Å². The number of benzene rings is 1.